The normalized spacial score (nSPS) is 13.8. The van der Waals surface area contributed by atoms with E-state index in [0.717, 1.165) is 28.9 Å². The van der Waals surface area contributed by atoms with E-state index >= 15 is 0 Å². The molecule has 0 saturated heterocycles. The van der Waals surface area contributed by atoms with E-state index in [1.807, 2.05) is 33.8 Å². The standard InChI is InChI=1S/C25H37N3O5/c1-9-11-18(5)26-22(30)21(19-13-16(3)12-17(4)14-19)28(10-2)23(31)20(15-29)27-24(32)33-25(6,7)8/h2,12-14,18,20-21,29H,9,11,15H2,1,3-8H3,(H,26,30)(H,27,32). The lowest BCUT2D eigenvalue weighted by atomic mass is 9.98. The van der Waals surface area contributed by atoms with Crippen LogP contribution in [0.5, 0.6) is 0 Å². The molecule has 0 saturated carbocycles. The van der Waals surface area contributed by atoms with Crippen LogP contribution in [0.25, 0.3) is 0 Å². The Morgan fingerprint density at radius 1 is 1.15 bits per heavy atom. The summed E-state index contributed by atoms with van der Waals surface area (Å²) in [5, 5.41) is 15.0. The van der Waals surface area contributed by atoms with E-state index in [0.29, 0.717) is 5.56 Å². The van der Waals surface area contributed by atoms with Crippen LogP contribution in [0.2, 0.25) is 0 Å². The van der Waals surface area contributed by atoms with Gasteiger partial charge in [-0.05, 0) is 53.5 Å². The Labute approximate surface area is 197 Å². The maximum Gasteiger partial charge on any atom is 0.408 e. The Bertz CT molecular complexity index is 865. The quantitative estimate of drug-likeness (QED) is 0.389. The molecule has 0 aliphatic carbocycles. The first kappa shape index (κ1) is 28.0. The summed E-state index contributed by atoms with van der Waals surface area (Å²) in [4.78, 5) is 39.7. The van der Waals surface area contributed by atoms with Gasteiger partial charge in [-0.2, -0.15) is 0 Å². The van der Waals surface area contributed by atoms with Crippen LogP contribution in [0.3, 0.4) is 0 Å². The average Bonchev–Trinajstić information content (AvgIpc) is 2.67. The number of ether oxygens (including phenoxy) is 1. The summed E-state index contributed by atoms with van der Waals surface area (Å²) in [6, 6.07) is 5.15. The smallest absolute Gasteiger partial charge is 0.408 e. The van der Waals surface area contributed by atoms with Crippen molar-refractivity contribution < 1.29 is 24.2 Å². The maximum absolute atomic E-state index is 13.3. The molecule has 8 nitrogen and oxygen atoms in total. The Balaban J connectivity index is 3.34. The minimum atomic E-state index is -1.38. The number of amides is 3. The first-order chi connectivity index (χ1) is 15.3. The molecular weight excluding hydrogens is 422 g/mol. The van der Waals surface area contributed by atoms with Crippen LogP contribution in [0, 0.1) is 26.3 Å². The van der Waals surface area contributed by atoms with Gasteiger partial charge in [0.05, 0.1) is 6.61 Å². The highest BCUT2D eigenvalue weighted by atomic mass is 16.6. The Morgan fingerprint density at radius 2 is 1.73 bits per heavy atom. The van der Waals surface area contributed by atoms with E-state index < -0.39 is 42.2 Å². The van der Waals surface area contributed by atoms with Crippen LogP contribution in [-0.4, -0.2) is 52.2 Å². The molecule has 3 unspecified atom stereocenters. The number of alkyl carbamates (subject to hydrolysis) is 1. The molecule has 1 aromatic rings. The number of rotatable bonds is 9. The highest BCUT2D eigenvalue weighted by Crippen LogP contribution is 2.25. The highest BCUT2D eigenvalue weighted by Gasteiger charge is 2.36. The minimum Gasteiger partial charge on any atom is -0.444 e. The zero-order valence-corrected chi connectivity index (χ0v) is 20.7. The summed E-state index contributed by atoms with van der Waals surface area (Å²) in [7, 11) is 0. The lowest BCUT2D eigenvalue weighted by Crippen LogP contribution is -2.53. The Morgan fingerprint density at radius 3 is 2.18 bits per heavy atom. The van der Waals surface area contributed by atoms with E-state index in [2.05, 4.69) is 16.7 Å². The third-order valence-electron chi connectivity index (χ3n) is 4.72. The number of hydrogen-bond acceptors (Lipinski definition) is 5. The summed E-state index contributed by atoms with van der Waals surface area (Å²) in [6.45, 7) is 12.0. The van der Waals surface area contributed by atoms with Gasteiger partial charge in [0.15, 0.2) is 0 Å². The molecular formula is C25H37N3O5. The molecule has 8 heteroatoms. The van der Waals surface area contributed by atoms with Crippen molar-refractivity contribution in [1.29, 1.82) is 0 Å². The van der Waals surface area contributed by atoms with Gasteiger partial charge in [-0.25, -0.2) is 4.79 Å². The van der Waals surface area contributed by atoms with E-state index in [9.17, 15) is 19.5 Å². The number of nitrogens with zero attached hydrogens (tertiary/aromatic N) is 1. The monoisotopic (exact) mass is 459 g/mol. The van der Waals surface area contributed by atoms with E-state index in [-0.39, 0.29) is 6.04 Å². The number of aryl methyl sites for hydroxylation is 2. The van der Waals surface area contributed by atoms with Crippen LogP contribution in [0.15, 0.2) is 18.2 Å². The van der Waals surface area contributed by atoms with Crippen LogP contribution in [0.1, 0.15) is 70.2 Å². The van der Waals surface area contributed by atoms with Gasteiger partial charge in [-0.1, -0.05) is 49.1 Å². The first-order valence-corrected chi connectivity index (χ1v) is 11.1. The number of carbonyl (C=O) groups excluding carboxylic acids is 3. The molecule has 0 radical (unpaired) electrons. The number of aliphatic hydroxyl groups excluding tert-OH is 1. The Kier molecular flexibility index (Phi) is 10.4. The number of aliphatic hydroxyl groups is 1. The van der Waals surface area contributed by atoms with Crippen molar-refractivity contribution in [2.24, 2.45) is 0 Å². The number of hydrogen-bond donors (Lipinski definition) is 3. The zero-order valence-electron chi connectivity index (χ0n) is 20.7. The van der Waals surface area contributed by atoms with Gasteiger partial charge in [-0.3, -0.25) is 14.5 Å². The van der Waals surface area contributed by atoms with Gasteiger partial charge in [0, 0.05) is 12.1 Å². The lowest BCUT2D eigenvalue weighted by molar-refractivity contribution is -0.139. The second kappa shape index (κ2) is 12.3. The van der Waals surface area contributed by atoms with E-state index in [4.69, 9.17) is 11.2 Å². The molecule has 1 aromatic carbocycles. The van der Waals surface area contributed by atoms with Gasteiger partial charge >= 0.3 is 6.09 Å². The van der Waals surface area contributed by atoms with E-state index in [1.54, 1.807) is 32.9 Å². The third kappa shape index (κ3) is 8.78. The molecule has 0 aromatic heterocycles. The minimum absolute atomic E-state index is 0.126. The number of benzene rings is 1. The van der Waals surface area contributed by atoms with Gasteiger partial charge in [0.25, 0.3) is 5.91 Å². The summed E-state index contributed by atoms with van der Waals surface area (Å²) in [5.74, 6) is -1.24. The molecule has 0 spiro atoms. The van der Waals surface area contributed by atoms with Crippen molar-refractivity contribution in [2.45, 2.75) is 85.0 Å². The lowest BCUT2D eigenvalue weighted by Gasteiger charge is -2.31. The molecule has 0 fully saturated rings. The van der Waals surface area contributed by atoms with Crippen molar-refractivity contribution in [3.63, 3.8) is 0 Å². The second-order valence-electron chi connectivity index (χ2n) is 9.24. The SMILES string of the molecule is C#CN(C(=O)C(CO)NC(=O)OC(C)(C)C)C(C(=O)NC(C)CCC)c1cc(C)cc(C)c1. The van der Waals surface area contributed by atoms with Gasteiger partial charge in [0.2, 0.25) is 5.91 Å². The molecule has 0 aliphatic heterocycles. The average molecular weight is 460 g/mol. The molecule has 0 bridgehead atoms. The molecule has 0 heterocycles. The van der Waals surface area contributed by atoms with Crippen LogP contribution >= 0.6 is 0 Å². The van der Waals surface area contributed by atoms with Crippen molar-refractivity contribution in [3.8, 4) is 12.5 Å². The topological polar surface area (TPSA) is 108 Å². The number of carbonyl (C=O) groups is 3. The fourth-order valence-electron chi connectivity index (χ4n) is 3.48. The highest BCUT2D eigenvalue weighted by molar-refractivity contribution is 5.93. The first-order valence-electron chi connectivity index (χ1n) is 11.1. The van der Waals surface area contributed by atoms with Crippen molar-refractivity contribution in [2.75, 3.05) is 6.61 Å². The van der Waals surface area contributed by atoms with Gasteiger partial charge in [0.1, 0.15) is 17.7 Å². The Hall–Kier alpha value is -3.05. The molecule has 0 aliphatic rings. The molecule has 3 atom stereocenters. The fraction of sp³-hybridized carbons (Fsp3) is 0.560. The molecule has 3 N–H and O–H groups in total. The maximum atomic E-state index is 13.3. The van der Waals surface area contributed by atoms with Crippen LogP contribution < -0.4 is 10.6 Å². The summed E-state index contributed by atoms with van der Waals surface area (Å²) < 4.78 is 5.17. The third-order valence-corrected chi connectivity index (χ3v) is 4.72. The molecule has 182 valence electrons. The summed E-state index contributed by atoms with van der Waals surface area (Å²) in [5.41, 5.74) is 1.54. The van der Waals surface area contributed by atoms with Crippen molar-refractivity contribution in [3.05, 3.63) is 34.9 Å². The van der Waals surface area contributed by atoms with Crippen LogP contribution in [0.4, 0.5) is 4.79 Å². The summed E-state index contributed by atoms with van der Waals surface area (Å²) in [6.07, 6.45) is 6.44. The molecule has 1 rings (SSSR count). The number of terminal acetylenes is 1. The van der Waals surface area contributed by atoms with Gasteiger partial charge < -0.3 is 20.5 Å². The largest absolute Gasteiger partial charge is 0.444 e. The van der Waals surface area contributed by atoms with Crippen LogP contribution in [-0.2, 0) is 14.3 Å². The van der Waals surface area contributed by atoms with E-state index in [1.165, 1.54) is 0 Å². The summed E-state index contributed by atoms with van der Waals surface area (Å²) >= 11 is 0. The zero-order chi connectivity index (χ0) is 25.3. The van der Waals surface area contributed by atoms with Crippen molar-refractivity contribution >= 4 is 17.9 Å². The predicted molar refractivity (Wildman–Crippen MR) is 127 cm³/mol. The number of nitrogens with one attached hydrogen (secondary N) is 2. The fourth-order valence-corrected chi connectivity index (χ4v) is 3.48. The van der Waals surface area contributed by atoms with Gasteiger partial charge in [-0.15, -0.1) is 0 Å². The van der Waals surface area contributed by atoms with Crippen molar-refractivity contribution in [1.82, 2.24) is 15.5 Å². The predicted octanol–water partition coefficient (Wildman–Crippen LogP) is 2.95. The molecule has 33 heavy (non-hydrogen) atoms. The second-order valence-corrected chi connectivity index (χ2v) is 9.24. The molecule has 3 amide bonds.